The summed E-state index contributed by atoms with van der Waals surface area (Å²) < 4.78 is 8.15. The van der Waals surface area contributed by atoms with Gasteiger partial charge in [0, 0.05) is 29.3 Å². The lowest BCUT2D eigenvalue weighted by atomic mass is 9.98. The molecule has 0 spiro atoms. The highest BCUT2D eigenvalue weighted by molar-refractivity contribution is 6.02. The monoisotopic (exact) mass is 368 g/mol. The van der Waals surface area contributed by atoms with Crippen LogP contribution in [-0.4, -0.2) is 29.5 Å². The number of aromatic hydroxyl groups is 1. The number of phenols is 1. The summed E-state index contributed by atoms with van der Waals surface area (Å²) in [5.41, 5.74) is 5.29. The van der Waals surface area contributed by atoms with Gasteiger partial charge in [0.05, 0.1) is 0 Å². The van der Waals surface area contributed by atoms with Crippen LogP contribution in [0.2, 0.25) is 0 Å². The molecule has 4 rings (SSSR count). The zero-order valence-electron chi connectivity index (χ0n) is 16.0. The predicted molar refractivity (Wildman–Crippen MR) is 115 cm³/mol. The van der Waals surface area contributed by atoms with E-state index in [1.807, 2.05) is 56.6 Å². The largest absolute Gasteiger partial charge is 0.508 e. The van der Waals surface area contributed by atoms with Crippen molar-refractivity contribution in [1.29, 1.82) is 0 Å². The lowest BCUT2D eigenvalue weighted by Crippen LogP contribution is -2.09. The van der Waals surface area contributed by atoms with Crippen LogP contribution < -0.4 is 4.74 Å². The van der Waals surface area contributed by atoms with E-state index in [4.69, 9.17) is 4.74 Å². The first-order valence-corrected chi connectivity index (χ1v) is 9.21. The van der Waals surface area contributed by atoms with Crippen molar-refractivity contribution in [2.45, 2.75) is 0 Å². The third-order valence-electron chi connectivity index (χ3n) is 4.71. The summed E-state index contributed by atoms with van der Waals surface area (Å²) in [6, 6.07) is 15.2. The maximum absolute atomic E-state index is 9.88. The van der Waals surface area contributed by atoms with Gasteiger partial charge in [-0.2, -0.15) is 0 Å². The number of fused-ring (bicyclic) bond motifs is 1. The highest BCUT2D eigenvalue weighted by Crippen LogP contribution is 2.38. The van der Waals surface area contributed by atoms with E-state index in [1.54, 1.807) is 12.1 Å². The Labute approximate surface area is 165 Å². The van der Waals surface area contributed by atoms with Crippen molar-refractivity contribution in [3.8, 4) is 11.5 Å². The molecule has 0 atom stereocenters. The van der Waals surface area contributed by atoms with Gasteiger partial charge in [0.15, 0.2) is 5.71 Å². The number of hydrogen-bond acceptors (Lipinski definition) is 2. The lowest BCUT2D eigenvalue weighted by Gasteiger charge is -2.20. The number of nitrogens with zero attached hydrogens (tertiary/aromatic N) is 1. The average molecular weight is 368 g/mol. The van der Waals surface area contributed by atoms with Crippen molar-refractivity contribution >= 4 is 17.0 Å². The van der Waals surface area contributed by atoms with Gasteiger partial charge in [0.25, 0.3) is 0 Å². The van der Waals surface area contributed by atoms with Crippen molar-refractivity contribution in [3.05, 3.63) is 108 Å². The van der Waals surface area contributed by atoms with Gasteiger partial charge in [-0.1, -0.05) is 42.5 Å². The molecule has 2 aromatic rings. The molecule has 0 saturated carbocycles. The molecule has 0 radical (unpaired) electrons. The first kappa shape index (κ1) is 17.8. The van der Waals surface area contributed by atoms with Gasteiger partial charge in [-0.15, -0.1) is 0 Å². The second-order valence-corrected chi connectivity index (χ2v) is 6.93. The number of allylic oxidation sites excluding steroid dienone is 9. The van der Waals surface area contributed by atoms with Gasteiger partial charge in [-0.25, -0.2) is 4.58 Å². The Morgan fingerprint density at radius 1 is 0.893 bits per heavy atom. The molecule has 28 heavy (non-hydrogen) atoms. The summed E-state index contributed by atoms with van der Waals surface area (Å²) in [6.07, 6.45) is 14.6. The van der Waals surface area contributed by atoms with Crippen molar-refractivity contribution in [3.63, 3.8) is 0 Å². The number of phenolic OH excluding ortho intramolecular Hbond substituents is 1. The average Bonchev–Trinajstić information content (AvgIpc) is 2.72. The van der Waals surface area contributed by atoms with Crippen LogP contribution in [0.1, 0.15) is 11.1 Å². The Morgan fingerprint density at radius 2 is 1.64 bits per heavy atom. The van der Waals surface area contributed by atoms with Crippen molar-refractivity contribution in [2.75, 3.05) is 14.1 Å². The molecule has 3 heteroatoms. The molecule has 0 aromatic heterocycles. The van der Waals surface area contributed by atoms with Gasteiger partial charge in [0.2, 0.25) is 0 Å². The summed E-state index contributed by atoms with van der Waals surface area (Å²) >= 11 is 0. The Bertz CT molecular complexity index is 1070. The quantitative estimate of drug-likeness (QED) is 0.759. The SMILES string of the molecule is C[N+](C)=C1C=CC(=C/C=C2\C=C(c3ccccc3)Oc3cc(O)ccc32)C=C1. The number of hydrogen-bond donors (Lipinski definition) is 1. The second kappa shape index (κ2) is 7.57. The minimum absolute atomic E-state index is 0.190. The fraction of sp³-hybridized carbons (Fsp3) is 0.0800. The first-order valence-electron chi connectivity index (χ1n) is 9.21. The van der Waals surface area contributed by atoms with Crippen LogP contribution in [0.5, 0.6) is 11.5 Å². The summed E-state index contributed by atoms with van der Waals surface area (Å²) in [5.74, 6) is 1.61. The molecule has 0 unspecified atom stereocenters. The van der Waals surface area contributed by atoms with Crippen molar-refractivity contribution in [2.24, 2.45) is 0 Å². The summed E-state index contributed by atoms with van der Waals surface area (Å²) in [7, 11) is 4.07. The van der Waals surface area contributed by atoms with E-state index in [0.29, 0.717) is 5.75 Å². The smallest absolute Gasteiger partial charge is 0.199 e. The molecule has 2 aliphatic rings. The van der Waals surface area contributed by atoms with Crippen LogP contribution in [0.4, 0.5) is 0 Å². The zero-order valence-corrected chi connectivity index (χ0v) is 16.0. The normalized spacial score (nSPS) is 16.5. The lowest BCUT2D eigenvalue weighted by molar-refractivity contribution is -0.462. The molecule has 1 heterocycles. The molecule has 1 N–H and O–H groups in total. The Hall–Kier alpha value is -3.59. The van der Waals surface area contributed by atoms with Crippen molar-refractivity contribution in [1.82, 2.24) is 0 Å². The van der Waals surface area contributed by atoms with E-state index in [1.165, 1.54) is 5.71 Å². The topological polar surface area (TPSA) is 32.5 Å². The van der Waals surface area contributed by atoms with Crippen LogP contribution in [0.3, 0.4) is 0 Å². The molecule has 2 aromatic carbocycles. The highest BCUT2D eigenvalue weighted by Gasteiger charge is 2.18. The number of ether oxygens (including phenoxy) is 1. The van der Waals surface area contributed by atoms with Crippen LogP contribution in [0, 0.1) is 0 Å². The van der Waals surface area contributed by atoms with Gasteiger partial charge in [0.1, 0.15) is 31.4 Å². The van der Waals surface area contributed by atoms with Gasteiger partial charge >= 0.3 is 0 Å². The third kappa shape index (κ3) is 3.74. The fourth-order valence-electron chi connectivity index (χ4n) is 3.15. The molecule has 0 saturated heterocycles. The maximum atomic E-state index is 9.88. The standard InChI is InChI=1S/C25H21NO2/c1-26(2)21-12-9-18(10-13-21)8-11-20-16-24(19-6-4-3-5-7-19)28-25-17-22(27)14-15-23(20)25/h3-17H,1-2H3/p+1. The highest BCUT2D eigenvalue weighted by atomic mass is 16.5. The minimum Gasteiger partial charge on any atom is -0.508 e. The third-order valence-corrected chi connectivity index (χ3v) is 4.71. The Balaban J connectivity index is 1.74. The molecule has 0 fully saturated rings. The molecule has 1 aliphatic heterocycles. The second-order valence-electron chi connectivity index (χ2n) is 6.93. The molecule has 1 aliphatic carbocycles. The van der Waals surface area contributed by atoms with Crippen LogP contribution in [-0.2, 0) is 0 Å². The van der Waals surface area contributed by atoms with E-state index in [9.17, 15) is 5.11 Å². The van der Waals surface area contributed by atoms with E-state index in [0.717, 1.165) is 28.0 Å². The molecule has 0 amide bonds. The molecule has 138 valence electrons. The number of benzene rings is 2. The summed E-state index contributed by atoms with van der Waals surface area (Å²) in [6.45, 7) is 0. The van der Waals surface area contributed by atoms with Gasteiger partial charge < -0.3 is 9.84 Å². The summed E-state index contributed by atoms with van der Waals surface area (Å²) in [4.78, 5) is 0. The van der Waals surface area contributed by atoms with Crippen LogP contribution >= 0.6 is 0 Å². The fourth-order valence-corrected chi connectivity index (χ4v) is 3.15. The predicted octanol–water partition coefficient (Wildman–Crippen LogP) is 4.97. The molecule has 0 bridgehead atoms. The molecular formula is C25H22NO2+. The zero-order chi connectivity index (χ0) is 19.5. The van der Waals surface area contributed by atoms with Crippen molar-refractivity contribution < 1.29 is 14.4 Å². The molecular weight excluding hydrogens is 346 g/mol. The van der Waals surface area contributed by atoms with Crippen LogP contribution in [0.25, 0.3) is 11.3 Å². The van der Waals surface area contributed by atoms with Gasteiger partial charge in [-0.3, -0.25) is 0 Å². The van der Waals surface area contributed by atoms with E-state index < -0.39 is 0 Å². The van der Waals surface area contributed by atoms with Gasteiger partial charge in [-0.05, 0) is 41.5 Å². The number of rotatable bonds is 2. The van der Waals surface area contributed by atoms with E-state index >= 15 is 0 Å². The Morgan fingerprint density at radius 3 is 2.36 bits per heavy atom. The van der Waals surface area contributed by atoms with Crippen LogP contribution in [0.15, 0.2) is 96.6 Å². The summed E-state index contributed by atoms with van der Waals surface area (Å²) in [5, 5.41) is 9.88. The van der Waals surface area contributed by atoms with E-state index in [-0.39, 0.29) is 5.75 Å². The minimum atomic E-state index is 0.190. The maximum Gasteiger partial charge on any atom is 0.199 e. The first-order chi connectivity index (χ1) is 13.6. The van der Waals surface area contributed by atoms with E-state index in [2.05, 4.69) is 41.0 Å². The Kier molecular flexibility index (Phi) is 4.81. The molecule has 3 nitrogen and oxygen atoms in total.